The minimum atomic E-state index is -0.344. The quantitative estimate of drug-likeness (QED) is 0.738. The van der Waals surface area contributed by atoms with Gasteiger partial charge in [0.25, 0.3) is 5.88 Å². The van der Waals surface area contributed by atoms with Gasteiger partial charge in [0.15, 0.2) is 5.82 Å². The number of aromatic nitrogens is 2. The van der Waals surface area contributed by atoms with E-state index in [1.54, 1.807) is 0 Å². The number of nitrogens with zero attached hydrogens (tertiary/aromatic N) is 3. The molecule has 18 heavy (non-hydrogen) atoms. The molecule has 0 saturated carbocycles. The highest BCUT2D eigenvalue weighted by atomic mass is 16.6. The molecule has 0 radical (unpaired) electrons. The molecule has 0 atom stereocenters. The van der Waals surface area contributed by atoms with Crippen molar-refractivity contribution in [1.29, 1.82) is 0 Å². The van der Waals surface area contributed by atoms with Crippen molar-refractivity contribution in [2.24, 2.45) is 0 Å². The maximum atomic E-state index is 5.82. The fourth-order valence-corrected chi connectivity index (χ4v) is 2.09. The molecule has 3 heterocycles. The Balaban J connectivity index is 1.92. The lowest BCUT2D eigenvalue weighted by molar-refractivity contribution is 0.0158. The van der Waals surface area contributed by atoms with Gasteiger partial charge in [0.2, 0.25) is 5.75 Å². The molecule has 0 aromatic carbocycles. The van der Waals surface area contributed by atoms with Crippen molar-refractivity contribution in [2.45, 2.75) is 19.4 Å². The Morgan fingerprint density at radius 3 is 2.78 bits per heavy atom. The number of ether oxygens (including phenoxy) is 3. The molecule has 0 amide bonds. The zero-order valence-electron chi connectivity index (χ0n) is 10.7. The Kier molecular flexibility index (Phi) is 2.74. The topological polar surface area (TPSA) is 56.7 Å². The van der Waals surface area contributed by atoms with Gasteiger partial charge in [0.05, 0.1) is 13.2 Å². The van der Waals surface area contributed by atoms with Gasteiger partial charge in [-0.25, -0.2) is 4.98 Å². The minimum Gasteiger partial charge on any atom is -0.481 e. The molecular weight excluding hydrogens is 234 g/mol. The third-order valence-electron chi connectivity index (χ3n) is 3.00. The summed E-state index contributed by atoms with van der Waals surface area (Å²) >= 11 is 0. The molecule has 2 aliphatic heterocycles. The summed E-state index contributed by atoms with van der Waals surface area (Å²) in [7, 11) is 0. The SMILES string of the molecule is CC1(C)COc2c(ncnc2N2CCOCC2)O1. The molecule has 0 unspecified atom stereocenters. The lowest BCUT2D eigenvalue weighted by atomic mass is 10.1. The third-order valence-corrected chi connectivity index (χ3v) is 3.00. The van der Waals surface area contributed by atoms with E-state index in [0.29, 0.717) is 31.5 Å². The van der Waals surface area contributed by atoms with Gasteiger partial charge in [-0.05, 0) is 13.8 Å². The molecule has 0 bridgehead atoms. The number of hydrogen-bond acceptors (Lipinski definition) is 6. The Hall–Kier alpha value is -1.56. The van der Waals surface area contributed by atoms with E-state index in [1.807, 2.05) is 13.8 Å². The maximum absolute atomic E-state index is 5.82. The van der Waals surface area contributed by atoms with Crippen molar-refractivity contribution < 1.29 is 14.2 Å². The molecule has 1 saturated heterocycles. The first-order valence-electron chi connectivity index (χ1n) is 6.15. The van der Waals surface area contributed by atoms with Crippen molar-refractivity contribution in [3.8, 4) is 11.6 Å². The molecule has 3 rings (SSSR count). The monoisotopic (exact) mass is 251 g/mol. The molecule has 1 aromatic rings. The first-order chi connectivity index (χ1) is 8.66. The van der Waals surface area contributed by atoms with E-state index in [4.69, 9.17) is 14.2 Å². The van der Waals surface area contributed by atoms with Crippen LogP contribution < -0.4 is 14.4 Å². The van der Waals surface area contributed by atoms with Gasteiger partial charge >= 0.3 is 0 Å². The summed E-state index contributed by atoms with van der Waals surface area (Å²) < 4.78 is 16.9. The molecule has 1 fully saturated rings. The summed E-state index contributed by atoms with van der Waals surface area (Å²) in [5.41, 5.74) is -0.344. The van der Waals surface area contributed by atoms with Gasteiger partial charge in [-0.3, -0.25) is 0 Å². The van der Waals surface area contributed by atoms with Gasteiger partial charge in [-0.1, -0.05) is 0 Å². The van der Waals surface area contributed by atoms with Crippen molar-refractivity contribution in [3.05, 3.63) is 6.33 Å². The lowest BCUT2D eigenvalue weighted by Crippen LogP contribution is -2.41. The number of morpholine rings is 1. The highest BCUT2D eigenvalue weighted by Crippen LogP contribution is 2.39. The van der Waals surface area contributed by atoms with Crippen LogP contribution in [0.4, 0.5) is 5.82 Å². The van der Waals surface area contributed by atoms with Gasteiger partial charge < -0.3 is 19.1 Å². The Morgan fingerprint density at radius 2 is 2.00 bits per heavy atom. The Bertz CT molecular complexity index is 444. The molecule has 0 spiro atoms. The van der Waals surface area contributed by atoms with Crippen molar-refractivity contribution >= 4 is 5.82 Å². The summed E-state index contributed by atoms with van der Waals surface area (Å²) in [6.07, 6.45) is 1.52. The van der Waals surface area contributed by atoms with Crippen LogP contribution in [0.2, 0.25) is 0 Å². The van der Waals surface area contributed by atoms with Crippen LogP contribution in [-0.2, 0) is 4.74 Å². The largest absolute Gasteiger partial charge is 0.481 e. The van der Waals surface area contributed by atoms with E-state index in [1.165, 1.54) is 6.33 Å². The molecule has 0 aliphatic carbocycles. The predicted octanol–water partition coefficient (Wildman–Crippen LogP) is 0.863. The lowest BCUT2D eigenvalue weighted by Gasteiger charge is -2.34. The average Bonchev–Trinajstić information content (AvgIpc) is 2.37. The van der Waals surface area contributed by atoms with E-state index >= 15 is 0 Å². The average molecular weight is 251 g/mol. The fourth-order valence-electron chi connectivity index (χ4n) is 2.09. The van der Waals surface area contributed by atoms with Gasteiger partial charge in [0.1, 0.15) is 18.5 Å². The summed E-state index contributed by atoms with van der Waals surface area (Å²) in [5, 5.41) is 0. The highest BCUT2D eigenvalue weighted by Gasteiger charge is 2.32. The van der Waals surface area contributed by atoms with E-state index in [0.717, 1.165) is 18.9 Å². The first-order valence-corrected chi connectivity index (χ1v) is 6.15. The summed E-state index contributed by atoms with van der Waals surface area (Å²) in [5.74, 6) is 1.99. The zero-order valence-corrected chi connectivity index (χ0v) is 10.7. The van der Waals surface area contributed by atoms with E-state index in [9.17, 15) is 0 Å². The van der Waals surface area contributed by atoms with Crippen LogP contribution in [0, 0.1) is 0 Å². The van der Waals surface area contributed by atoms with Crippen LogP contribution >= 0.6 is 0 Å². The van der Waals surface area contributed by atoms with E-state index in [-0.39, 0.29) is 5.60 Å². The smallest absolute Gasteiger partial charge is 0.263 e. The molecule has 2 aliphatic rings. The number of fused-ring (bicyclic) bond motifs is 1. The Labute approximate surface area is 106 Å². The Morgan fingerprint density at radius 1 is 1.22 bits per heavy atom. The second-order valence-electron chi connectivity index (χ2n) is 5.08. The molecule has 98 valence electrons. The maximum Gasteiger partial charge on any atom is 0.263 e. The predicted molar refractivity (Wildman–Crippen MR) is 65.3 cm³/mol. The summed E-state index contributed by atoms with van der Waals surface area (Å²) in [6.45, 7) is 7.52. The summed E-state index contributed by atoms with van der Waals surface area (Å²) in [6, 6.07) is 0. The van der Waals surface area contributed by atoms with Crippen molar-refractivity contribution in [1.82, 2.24) is 9.97 Å². The summed E-state index contributed by atoms with van der Waals surface area (Å²) in [4.78, 5) is 10.6. The molecule has 6 heteroatoms. The van der Waals surface area contributed by atoms with Gasteiger partial charge in [-0.15, -0.1) is 0 Å². The van der Waals surface area contributed by atoms with Crippen LogP contribution in [0.3, 0.4) is 0 Å². The zero-order chi connectivity index (χ0) is 12.6. The fraction of sp³-hybridized carbons (Fsp3) is 0.667. The van der Waals surface area contributed by atoms with Crippen LogP contribution in [0.5, 0.6) is 11.6 Å². The normalized spacial score (nSPS) is 21.8. The molecule has 1 aromatic heterocycles. The third kappa shape index (κ3) is 2.08. The van der Waals surface area contributed by atoms with Gasteiger partial charge in [-0.2, -0.15) is 4.98 Å². The molecular formula is C12H17N3O3. The number of hydrogen-bond donors (Lipinski definition) is 0. The van der Waals surface area contributed by atoms with Crippen LogP contribution in [-0.4, -0.2) is 48.5 Å². The van der Waals surface area contributed by atoms with Crippen LogP contribution in [0.1, 0.15) is 13.8 Å². The standard InChI is InChI=1S/C12H17N3O3/c1-12(2)7-17-9-10(13-8-14-11(9)18-12)15-3-5-16-6-4-15/h8H,3-7H2,1-2H3. The van der Waals surface area contributed by atoms with Crippen molar-refractivity contribution in [3.63, 3.8) is 0 Å². The second-order valence-corrected chi connectivity index (χ2v) is 5.08. The highest BCUT2D eigenvalue weighted by molar-refractivity contribution is 5.58. The molecule has 6 nitrogen and oxygen atoms in total. The minimum absolute atomic E-state index is 0.344. The van der Waals surface area contributed by atoms with E-state index < -0.39 is 0 Å². The van der Waals surface area contributed by atoms with Crippen LogP contribution in [0.25, 0.3) is 0 Å². The van der Waals surface area contributed by atoms with Crippen molar-refractivity contribution in [2.75, 3.05) is 37.8 Å². The molecule has 0 N–H and O–H groups in total. The van der Waals surface area contributed by atoms with Gasteiger partial charge in [0, 0.05) is 13.1 Å². The number of anilines is 1. The first kappa shape index (κ1) is 11.5. The van der Waals surface area contributed by atoms with Crippen LogP contribution in [0.15, 0.2) is 6.33 Å². The number of rotatable bonds is 1. The second kappa shape index (κ2) is 4.28. The van der Waals surface area contributed by atoms with E-state index in [2.05, 4.69) is 14.9 Å².